The summed E-state index contributed by atoms with van der Waals surface area (Å²) in [5.41, 5.74) is 0.558. The van der Waals surface area contributed by atoms with E-state index in [1.54, 1.807) is 31.4 Å². The summed E-state index contributed by atoms with van der Waals surface area (Å²) in [4.78, 5) is 15.2. The van der Waals surface area contributed by atoms with Crippen molar-refractivity contribution in [2.75, 3.05) is 7.11 Å². The third-order valence-electron chi connectivity index (χ3n) is 2.11. The van der Waals surface area contributed by atoms with Gasteiger partial charge in [-0.25, -0.2) is 9.79 Å². The maximum Gasteiger partial charge on any atom is 0.366 e. The van der Waals surface area contributed by atoms with E-state index in [-0.39, 0.29) is 16.1 Å². The molecular formula is C11H7Cl2NO3. The van der Waals surface area contributed by atoms with Crippen LogP contribution in [0.3, 0.4) is 0 Å². The molecule has 88 valence electrons. The maximum atomic E-state index is 11.3. The number of hydrogen-bond donors (Lipinski definition) is 0. The van der Waals surface area contributed by atoms with E-state index in [2.05, 4.69) is 4.99 Å². The second kappa shape index (κ2) is 4.77. The number of methoxy groups -OCH3 is 1. The highest BCUT2D eigenvalue weighted by molar-refractivity contribution is 6.57. The third-order valence-corrected chi connectivity index (χ3v) is 2.47. The number of halogens is 2. The number of carbonyl (C=O) groups excluding carboxylic acids is 1. The van der Waals surface area contributed by atoms with Crippen LogP contribution < -0.4 is 4.74 Å². The number of aliphatic imine (C=N–C) groups is 1. The molecule has 0 saturated heterocycles. The number of cyclic esters (lactones) is 1. The molecule has 0 bridgehead atoms. The summed E-state index contributed by atoms with van der Waals surface area (Å²) in [5, 5.41) is 0. The van der Waals surface area contributed by atoms with E-state index in [4.69, 9.17) is 32.7 Å². The Kier molecular flexibility index (Phi) is 3.36. The molecule has 6 heteroatoms. The lowest BCUT2D eigenvalue weighted by atomic mass is 10.2. The number of rotatable bonds is 2. The minimum atomic E-state index is -0.657. The first-order valence-corrected chi connectivity index (χ1v) is 5.38. The van der Waals surface area contributed by atoms with Crippen LogP contribution in [0.2, 0.25) is 0 Å². The summed E-state index contributed by atoms with van der Waals surface area (Å²) in [6.45, 7) is 0. The number of ether oxygens (including phenoxy) is 2. The summed E-state index contributed by atoms with van der Waals surface area (Å²) < 4.78 is 9.74. The predicted molar refractivity (Wildman–Crippen MR) is 64.4 cm³/mol. The number of esters is 1. The van der Waals surface area contributed by atoms with Crippen LogP contribution in [-0.2, 0) is 9.53 Å². The van der Waals surface area contributed by atoms with E-state index >= 15 is 0 Å². The first-order valence-electron chi connectivity index (χ1n) is 4.62. The van der Waals surface area contributed by atoms with Crippen LogP contribution in [0.25, 0.3) is 0 Å². The van der Waals surface area contributed by atoms with Crippen LogP contribution >= 0.6 is 23.2 Å². The fourth-order valence-corrected chi connectivity index (χ4v) is 1.52. The van der Waals surface area contributed by atoms with Gasteiger partial charge in [0, 0.05) is 5.56 Å². The number of benzene rings is 1. The van der Waals surface area contributed by atoms with E-state index in [1.807, 2.05) is 0 Å². The Morgan fingerprint density at radius 2 is 1.94 bits per heavy atom. The molecule has 1 aliphatic rings. The molecule has 0 radical (unpaired) electrons. The molecule has 1 heterocycles. The molecule has 0 amide bonds. The first-order chi connectivity index (χ1) is 8.11. The van der Waals surface area contributed by atoms with Gasteiger partial charge in [0.15, 0.2) is 5.70 Å². The zero-order chi connectivity index (χ0) is 12.4. The van der Waals surface area contributed by atoms with Crippen LogP contribution in [0.4, 0.5) is 0 Å². The van der Waals surface area contributed by atoms with Crippen molar-refractivity contribution in [1.82, 2.24) is 0 Å². The average Bonchev–Trinajstić information content (AvgIpc) is 2.71. The van der Waals surface area contributed by atoms with Crippen LogP contribution in [0.15, 0.2) is 39.4 Å². The van der Waals surface area contributed by atoms with Gasteiger partial charge in [-0.2, -0.15) is 0 Å². The molecule has 1 aromatic carbocycles. The molecular weight excluding hydrogens is 265 g/mol. The molecule has 0 spiro atoms. The lowest BCUT2D eigenvalue weighted by molar-refractivity contribution is -0.130. The van der Waals surface area contributed by atoms with Crippen LogP contribution in [0.5, 0.6) is 5.75 Å². The fourth-order valence-electron chi connectivity index (χ4n) is 1.28. The van der Waals surface area contributed by atoms with Gasteiger partial charge < -0.3 is 9.47 Å². The van der Waals surface area contributed by atoms with Crippen molar-refractivity contribution >= 4 is 35.1 Å². The molecule has 0 aromatic heterocycles. The molecule has 0 aliphatic carbocycles. The van der Waals surface area contributed by atoms with Crippen molar-refractivity contribution < 1.29 is 14.3 Å². The van der Waals surface area contributed by atoms with E-state index in [9.17, 15) is 4.79 Å². The summed E-state index contributed by atoms with van der Waals surface area (Å²) in [7, 11) is 1.57. The minimum Gasteiger partial charge on any atom is -0.497 e. The molecule has 0 fully saturated rings. The highest BCUT2D eigenvalue weighted by Crippen LogP contribution is 2.24. The molecule has 0 atom stereocenters. The van der Waals surface area contributed by atoms with Crippen molar-refractivity contribution in [1.29, 1.82) is 0 Å². The molecule has 2 rings (SSSR count). The number of carbonyl (C=O) groups is 1. The monoisotopic (exact) mass is 271 g/mol. The first kappa shape index (κ1) is 12.0. The summed E-state index contributed by atoms with van der Waals surface area (Å²) in [6.07, 6.45) is 0. The summed E-state index contributed by atoms with van der Waals surface area (Å²) >= 11 is 11.0. The average molecular weight is 272 g/mol. The van der Waals surface area contributed by atoms with E-state index in [0.29, 0.717) is 11.3 Å². The molecule has 0 N–H and O–H groups in total. The Balaban J connectivity index is 2.33. The second-order valence-electron chi connectivity index (χ2n) is 3.14. The Morgan fingerprint density at radius 1 is 1.29 bits per heavy atom. The van der Waals surface area contributed by atoms with Gasteiger partial charge in [-0.1, -0.05) is 23.2 Å². The summed E-state index contributed by atoms with van der Waals surface area (Å²) in [5.74, 6) is 0.215. The SMILES string of the molecule is COc1ccc(C2=NC(=C(Cl)Cl)C(=O)O2)cc1. The van der Waals surface area contributed by atoms with Gasteiger partial charge >= 0.3 is 5.97 Å². The fraction of sp³-hybridized carbons (Fsp3) is 0.0909. The summed E-state index contributed by atoms with van der Waals surface area (Å²) in [6, 6.07) is 6.90. The zero-order valence-corrected chi connectivity index (χ0v) is 10.2. The number of hydrogen-bond acceptors (Lipinski definition) is 4. The van der Waals surface area contributed by atoms with E-state index in [1.165, 1.54) is 0 Å². The van der Waals surface area contributed by atoms with E-state index < -0.39 is 5.97 Å². The van der Waals surface area contributed by atoms with Gasteiger partial charge in [0.05, 0.1) is 7.11 Å². The largest absolute Gasteiger partial charge is 0.497 e. The van der Waals surface area contributed by atoms with Gasteiger partial charge in [-0.15, -0.1) is 0 Å². The quantitative estimate of drug-likeness (QED) is 0.614. The van der Waals surface area contributed by atoms with Gasteiger partial charge in [0.25, 0.3) is 0 Å². The Labute approximate surface area is 107 Å². The molecule has 17 heavy (non-hydrogen) atoms. The van der Waals surface area contributed by atoms with Crippen molar-refractivity contribution in [3.8, 4) is 5.75 Å². The Bertz CT molecular complexity index is 516. The highest BCUT2D eigenvalue weighted by atomic mass is 35.5. The molecule has 4 nitrogen and oxygen atoms in total. The van der Waals surface area contributed by atoms with Crippen LogP contribution in [-0.4, -0.2) is 19.0 Å². The van der Waals surface area contributed by atoms with Gasteiger partial charge in [-0.3, -0.25) is 0 Å². The van der Waals surface area contributed by atoms with Gasteiger partial charge in [-0.05, 0) is 24.3 Å². The molecule has 1 aliphatic heterocycles. The lowest BCUT2D eigenvalue weighted by Gasteiger charge is -2.01. The second-order valence-corrected chi connectivity index (χ2v) is 4.09. The van der Waals surface area contributed by atoms with Crippen molar-refractivity contribution in [2.45, 2.75) is 0 Å². The maximum absolute atomic E-state index is 11.3. The Hall–Kier alpha value is -1.52. The van der Waals surface area contributed by atoms with Gasteiger partial charge in [0.2, 0.25) is 5.90 Å². The van der Waals surface area contributed by atoms with Crippen molar-refractivity contribution in [3.63, 3.8) is 0 Å². The lowest BCUT2D eigenvalue weighted by Crippen LogP contribution is -2.05. The minimum absolute atomic E-state index is 0.0841. The molecule has 0 unspecified atom stereocenters. The van der Waals surface area contributed by atoms with Crippen molar-refractivity contribution in [2.24, 2.45) is 4.99 Å². The molecule has 1 aromatic rings. The smallest absolute Gasteiger partial charge is 0.366 e. The normalized spacial score (nSPS) is 14.4. The predicted octanol–water partition coefficient (Wildman–Crippen LogP) is 2.65. The Morgan fingerprint density at radius 3 is 2.41 bits per heavy atom. The van der Waals surface area contributed by atoms with Crippen molar-refractivity contribution in [3.05, 3.63) is 40.0 Å². The standard InChI is InChI=1S/C11H7Cl2NO3/c1-16-7-4-2-6(3-5-7)10-14-8(9(12)13)11(15)17-10/h2-5H,1H3. The van der Waals surface area contributed by atoms with Crippen LogP contribution in [0, 0.1) is 0 Å². The van der Waals surface area contributed by atoms with Crippen LogP contribution in [0.1, 0.15) is 5.56 Å². The molecule has 0 saturated carbocycles. The topological polar surface area (TPSA) is 47.9 Å². The number of nitrogens with zero attached hydrogens (tertiary/aromatic N) is 1. The zero-order valence-electron chi connectivity index (χ0n) is 8.74. The van der Waals surface area contributed by atoms with Gasteiger partial charge in [0.1, 0.15) is 10.2 Å². The third kappa shape index (κ3) is 2.43. The van der Waals surface area contributed by atoms with E-state index in [0.717, 1.165) is 0 Å². The highest BCUT2D eigenvalue weighted by Gasteiger charge is 2.26.